The van der Waals surface area contributed by atoms with E-state index in [4.69, 9.17) is 0 Å². The van der Waals surface area contributed by atoms with Crippen LogP contribution in [0.3, 0.4) is 0 Å². The molecule has 178 valence electrons. The summed E-state index contributed by atoms with van der Waals surface area (Å²) < 4.78 is 0. The number of carbonyl (C=O) groups excluding carboxylic acids is 2. The van der Waals surface area contributed by atoms with Crippen molar-refractivity contribution in [3.63, 3.8) is 0 Å². The third-order valence-electron chi connectivity index (χ3n) is 6.17. The molecule has 0 fully saturated rings. The molecular formula is C28H34N4O2. The molecule has 1 aliphatic rings. The number of likely N-dealkylation sites (N-methyl/N-ethyl adjacent to an activating group) is 3. The molecule has 1 aliphatic carbocycles. The van der Waals surface area contributed by atoms with Crippen LogP contribution in [0.2, 0.25) is 0 Å². The van der Waals surface area contributed by atoms with E-state index >= 15 is 0 Å². The quantitative estimate of drug-likeness (QED) is 0.564. The molecule has 2 N–H and O–H groups in total. The van der Waals surface area contributed by atoms with Crippen LogP contribution in [0.5, 0.6) is 0 Å². The summed E-state index contributed by atoms with van der Waals surface area (Å²) >= 11 is 0. The van der Waals surface area contributed by atoms with Crippen LogP contribution in [-0.4, -0.2) is 48.8 Å². The highest BCUT2D eigenvalue weighted by Crippen LogP contribution is 2.23. The Labute approximate surface area is 202 Å². The molecule has 6 heteroatoms. The van der Waals surface area contributed by atoms with Gasteiger partial charge in [0, 0.05) is 39.3 Å². The van der Waals surface area contributed by atoms with E-state index in [1.807, 2.05) is 85.7 Å². The molecule has 2 aromatic carbocycles. The summed E-state index contributed by atoms with van der Waals surface area (Å²) in [6, 6.07) is 18.3. The third kappa shape index (κ3) is 5.95. The maximum absolute atomic E-state index is 13.4. The second-order valence-corrected chi connectivity index (χ2v) is 8.64. The number of rotatable bonds is 9. The number of nitrogens with one attached hydrogen (secondary N) is 2. The van der Waals surface area contributed by atoms with E-state index in [0.29, 0.717) is 12.2 Å². The van der Waals surface area contributed by atoms with Crippen LogP contribution in [0, 0.1) is 5.92 Å². The van der Waals surface area contributed by atoms with Gasteiger partial charge in [-0.15, -0.1) is 0 Å². The summed E-state index contributed by atoms with van der Waals surface area (Å²) in [7, 11) is 5.49. The Morgan fingerprint density at radius 2 is 1.65 bits per heavy atom. The zero-order valence-corrected chi connectivity index (χ0v) is 20.4. The molecule has 3 rings (SSSR count). The normalized spacial score (nSPS) is 17.8. The van der Waals surface area contributed by atoms with Gasteiger partial charge >= 0.3 is 0 Å². The van der Waals surface area contributed by atoms with Crippen LogP contribution in [0.1, 0.15) is 24.1 Å². The van der Waals surface area contributed by atoms with Gasteiger partial charge in [-0.2, -0.15) is 0 Å². The van der Waals surface area contributed by atoms with E-state index in [-0.39, 0.29) is 23.8 Å². The number of nitrogens with zero attached hydrogens (tertiary/aromatic N) is 2. The molecule has 6 nitrogen and oxygen atoms in total. The molecule has 0 saturated carbocycles. The summed E-state index contributed by atoms with van der Waals surface area (Å²) in [6.07, 6.45) is 6.19. The van der Waals surface area contributed by atoms with E-state index < -0.39 is 6.04 Å². The number of hydrogen-bond acceptors (Lipinski definition) is 4. The highest BCUT2D eigenvalue weighted by molar-refractivity contribution is 5.96. The molecule has 2 aromatic rings. The van der Waals surface area contributed by atoms with Crippen molar-refractivity contribution in [2.45, 2.75) is 25.6 Å². The summed E-state index contributed by atoms with van der Waals surface area (Å²) in [5.41, 5.74) is 3.10. The SMILES string of the molecule is C=C(C(=O)NC(C(=O)N(C)Cc1ccccc1)c1ccccc1)N(C)C1C=CC(NC)=CC1C. The summed E-state index contributed by atoms with van der Waals surface area (Å²) in [4.78, 5) is 30.2. The number of amides is 2. The minimum absolute atomic E-state index is 0.0121. The van der Waals surface area contributed by atoms with Crippen molar-refractivity contribution in [2.24, 2.45) is 5.92 Å². The Kier molecular flexibility index (Phi) is 8.30. The van der Waals surface area contributed by atoms with Crippen molar-refractivity contribution in [1.29, 1.82) is 0 Å². The number of carbonyl (C=O) groups is 2. The lowest BCUT2D eigenvalue weighted by Gasteiger charge is -2.34. The van der Waals surface area contributed by atoms with Gasteiger partial charge in [0.25, 0.3) is 5.91 Å². The lowest BCUT2D eigenvalue weighted by molar-refractivity contribution is -0.135. The standard InChI is InChI=1S/C28H34N4O2/c1-20-18-24(29-3)16-17-25(20)32(5)21(2)27(33)30-26(23-14-10-7-11-15-23)28(34)31(4)19-22-12-8-6-9-13-22/h6-18,20,25-26,29H,2,19H2,1,3-5H3,(H,30,33). The topological polar surface area (TPSA) is 64.7 Å². The average Bonchev–Trinajstić information content (AvgIpc) is 2.86. The minimum Gasteiger partial charge on any atom is -0.388 e. The Bertz CT molecular complexity index is 1060. The Balaban J connectivity index is 1.75. The van der Waals surface area contributed by atoms with Crippen molar-refractivity contribution in [3.8, 4) is 0 Å². The lowest BCUT2D eigenvalue weighted by atomic mass is 9.94. The molecule has 0 spiro atoms. The number of hydrogen-bond donors (Lipinski definition) is 2. The predicted octanol–water partition coefficient (Wildman–Crippen LogP) is 3.63. The van der Waals surface area contributed by atoms with Gasteiger partial charge in [0.05, 0.1) is 11.7 Å². The maximum Gasteiger partial charge on any atom is 0.267 e. The molecular weight excluding hydrogens is 424 g/mol. The fourth-order valence-electron chi connectivity index (χ4n) is 4.11. The third-order valence-corrected chi connectivity index (χ3v) is 6.17. The first-order valence-corrected chi connectivity index (χ1v) is 11.5. The van der Waals surface area contributed by atoms with E-state index in [1.54, 1.807) is 11.9 Å². The fraction of sp³-hybridized carbons (Fsp3) is 0.286. The molecule has 0 aliphatic heterocycles. The van der Waals surface area contributed by atoms with Gasteiger partial charge in [-0.1, -0.05) is 86.3 Å². The first-order chi connectivity index (χ1) is 16.3. The monoisotopic (exact) mass is 458 g/mol. The smallest absolute Gasteiger partial charge is 0.267 e. The van der Waals surface area contributed by atoms with Crippen molar-refractivity contribution in [1.82, 2.24) is 20.4 Å². The van der Waals surface area contributed by atoms with Gasteiger partial charge in [0.1, 0.15) is 6.04 Å². The molecule has 3 unspecified atom stereocenters. The zero-order chi connectivity index (χ0) is 24.7. The van der Waals surface area contributed by atoms with Crippen LogP contribution < -0.4 is 10.6 Å². The first-order valence-electron chi connectivity index (χ1n) is 11.5. The molecule has 0 aromatic heterocycles. The van der Waals surface area contributed by atoms with Gasteiger partial charge in [0.2, 0.25) is 5.91 Å². The van der Waals surface area contributed by atoms with Crippen LogP contribution in [0.25, 0.3) is 0 Å². The minimum atomic E-state index is -0.817. The maximum atomic E-state index is 13.4. The van der Waals surface area contributed by atoms with Gasteiger partial charge in [0.15, 0.2) is 0 Å². The Morgan fingerprint density at radius 3 is 2.24 bits per heavy atom. The highest BCUT2D eigenvalue weighted by Gasteiger charge is 2.29. The van der Waals surface area contributed by atoms with Crippen LogP contribution in [0.15, 0.2) is 96.9 Å². The van der Waals surface area contributed by atoms with E-state index in [1.165, 1.54) is 0 Å². The van der Waals surface area contributed by atoms with Crippen LogP contribution in [-0.2, 0) is 16.1 Å². The lowest BCUT2D eigenvalue weighted by Crippen LogP contribution is -2.45. The largest absolute Gasteiger partial charge is 0.388 e. The summed E-state index contributed by atoms with van der Waals surface area (Å²) in [6.45, 7) is 6.59. The van der Waals surface area contributed by atoms with Crippen LogP contribution in [0.4, 0.5) is 0 Å². The Morgan fingerprint density at radius 1 is 1.03 bits per heavy atom. The van der Waals surface area contributed by atoms with E-state index in [9.17, 15) is 9.59 Å². The van der Waals surface area contributed by atoms with Crippen molar-refractivity contribution >= 4 is 11.8 Å². The van der Waals surface area contributed by atoms with Crippen LogP contribution >= 0.6 is 0 Å². The second-order valence-electron chi connectivity index (χ2n) is 8.64. The second kappa shape index (κ2) is 11.4. The number of benzene rings is 2. The molecule has 34 heavy (non-hydrogen) atoms. The van der Waals surface area contributed by atoms with Gasteiger partial charge < -0.3 is 20.4 Å². The van der Waals surface area contributed by atoms with Gasteiger partial charge in [-0.25, -0.2) is 0 Å². The van der Waals surface area contributed by atoms with Crippen molar-refractivity contribution in [2.75, 3.05) is 21.1 Å². The molecule has 0 heterocycles. The summed E-state index contributed by atoms with van der Waals surface area (Å²) in [5.74, 6) is -0.376. The van der Waals surface area contributed by atoms with E-state index in [0.717, 1.165) is 16.8 Å². The molecule has 0 bridgehead atoms. The number of allylic oxidation sites excluding steroid dienone is 1. The highest BCUT2D eigenvalue weighted by atomic mass is 16.2. The van der Waals surface area contributed by atoms with Gasteiger partial charge in [-0.05, 0) is 17.2 Å². The average molecular weight is 459 g/mol. The van der Waals surface area contributed by atoms with Gasteiger partial charge in [-0.3, -0.25) is 9.59 Å². The van der Waals surface area contributed by atoms with Crippen molar-refractivity contribution < 1.29 is 9.59 Å². The molecule has 2 amide bonds. The fourth-order valence-corrected chi connectivity index (χ4v) is 4.11. The first kappa shape index (κ1) is 24.8. The van der Waals surface area contributed by atoms with Crippen molar-refractivity contribution in [3.05, 3.63) is 108 Å². The molecule has 0 saturated heterocycles. The molecule has 3 atom stereocenters. The van der Waals surface area contributed by atoms with E-state index in [2.05, 4.69) is 36.3 Å². The predicted molar refractivity (Wildman–Crippen MR) is 136 cm³/mol. The molecule has 0 radical (unpaired) electrons. The summed E-state index contributed by atoms with van der Waals surface area (Å²) in [5, 5.41) is 6.07. The Hall–Kier alpha value is -3.80. The zero-order valence-electron chi connectivity index (χ0n) is 20.4.